The zero-order valence-corrected chi connectivity index (χ0v) is 8.13. The quantitative estimate of drug-likeness (QED) is 0.787. The van der Waals surface area contributed by atoms with Crippen molar-refractivity contribution in [1.29, 1.82) is 0 Å². The van der Waals surface area contributed by atoms with Crippen LogP contribution in [0.15, 0.2) is 22.6 Å². The number of hydrogen-bond donors (Lipinski definition) is 1. The largest absolute Gasteiger partial charge is 0.478 e. The van der Waals surface area contributed by atoms with Crippen LogP contribution in [0.2, 0.25) is 5.02 Å². The lowest BCUT2D eigenvalue weighted by Gasteiger charge is -1.97. The van der Waals surface area contributed by atoms with Crippen molar-refractivity contribution in [2.75, 3.05) is 0 Å². The summed E-state index contributed by atoms with van der Waals surface area (Å²) in [6.45, 7) is 1.79. The van der Waals surface area contributed by atoms with Crippen LogP contribution in [-0.4, -0.2) is 11.1 Å². The van der Waals surface area contributed by atoms with E-state index in [9.17, 15) is 4.79 Å². The van der Waals surface area contributed by atoms with Crippen molar-refractivity contribution in [3.63, 3.8) is 0 Å². The first-order chi connectivity index (χ1) is 6.59. The molecule has 0 radical (unpaired) electrons. The molecule has 4 heteroatoms. The SMILES string of the molecule is Cc1cc2c(Cl)c(C(=O)O)ccc2o1. The van der Waals surface area contributed by atoms with E-state index in [0.717, 1.165) is 0 Å². The van der Waals surface area contributed by atoms with Crippen LogP contribution in [0.4, 0.5) is 0 Å². The molecule has 0 aliphatic carbocycles. The second-order valence-electron chi connectivity index (χ2n) is 3.00. The molecular formula is C10H7ClO3. The average molecular weight is 211 g/mol. The van der Waals surface area contributed by atoms with Crippen molar-refractivity contribution >= 4 is 28.5 Å². The fraction of sp³-hybridized carbons (Fsp3) is 0.100. The van der Waals surface area contributed by atoms with Gasteiger partial charge in [0.2, 0.25) is 0 Å². The topological polar surface area (TPSA) is 50.4 Å². The molecule has 1 heterocycles. The van der Waals surface area contributed by atoms with Crippen LogP contribution >= 0.6 is 11.6 Å². The maximum atomic E-state index is 10.8. The number of carbonyl (C=O) groups is 1. The van der Waals surface area contributed by atoms with Gasteiger partial charge in [-0.05, 0) is 25.1 Å². The predicted molar refractivity (Wildman–Crippen MR) is 52.9 cm³/mol. The fourth-order valence-electron chi connectivity index (χ4n) is 1.37. The molecule has 1 aromatic heterocycles. The van der Waals surface area contributed by atoms with E-state index in [-0.39, 0.29) is 10.6 Å². The smallest absolute Gasteiger partial charge is 0.337 e. The predicted octanol–water partition coefficient (Wildman–Crippen LogP) is 3.09. The van der Waals surface area contributed by atoms with Gasteiger partial charge in [-0.25, -0.2) is 4.79 Å². The Morgan fingerprint density at radius 2 is 2.21 bits per heavy atom. The highest BCUT2D eigenvalue weighted by Crippen LogP contribution is 2.29. The summed E-state index contributed by atoms with van der Waals surface area (Å²) in [7, 11) is 0. The molecule has 14 heavy (non-hydrogen) atoms. The second kappa shape index (κ2) is 3.03. The van der Waals surface area contributed by atoms with Gasteiger partial charge in [0.1, 0.15) is 11.3 Å². The Kier molecular flexibility index (Phi) is 1.97. The van der Waals surface area contributed by atoms with Gasteiger partial charge in [0.05, 0.1) is 10.6 Å². The zero-order chi connectivity index (χ0) is 10.3. The average Bonchev–Trinajstić information content (AvgIpc) is 2.46. The van der Waals surface area contributed by atoms with E-state index >= 15 is 0 Å². The third-order valence-electron chi connectivity index (χ3n) is 1.99. The maximum absolute atomic E-state index is 10.8. The number of aromatic carboxylic acids is 1. The summed E-state index contributed by atoms with van der Waals surface area (Å²) in [6, 6.07) is 4.78. The van der Waals surface area contributed by atoms with Crippen molar-refractivity contribution in [1.82, 2.24) is 0 Å². The van der Waals surface area contributed by atoms with Crippen LogP contribution < -0.4 is 0 Å². The highest BCUT2D eigenvalue weighted by molar-refractivity contribution is 6.38. The summed E-state index contributed by atoms with van der Waals surface area (Å²) in [5.41, 5.74) is 0.706. The number of benzene rings is 1. The molecule has 0 saturated carbocycles. The Hall–Kier alpha value is -1.48. The van der Waals surface area contributed by atoms with Gasteiger partial charge in [-0.1, -0.05) is 11.6 Å². The van der Waals surface area contributed by atoms with E-state index in [1.165, 1.54) is 6.07 Å². The Balaban J connectivity index is 2.80. The molecule has 1 N–H and O–H groups in total. The van der Waals surface area contributed by atoms with Gasteiger partial charge < -0.3 is 9.52 Å². The molecule has 3 nitrogen and oxygen atoms in total. The van der Waals surface area contributed by atoms with Crippen molar-refractivity contribution in [3.8, 4) is 0 Å². The molecule has 72 valence electrons. The molecule has 0 bridgehead atoms. The number of rotatable bonds is 1. The van der Waals surface area contributed by atoms with Gasteiger partial charge >= 0.3 is 5.97 Å². The molecule has 0 atom stereocenters. The third kappa shape index (κ3) is 1.26. The van der Waals surface area contributed by atoms with E-state index in [1.54, 1.807) is 19.1 Å². The molecule has 1 aromatic carbocycles. The minimum atomic E-state index is -1.03. The summed E-state index contributed by atoms with van der Waals surface area (Å²) >= 11 is 5.91. The molecule has 0 saturated heterocycles. The first-order valence-electron chi connectivity index (χ1n) is 4.01. The zero-order valence-electron chi connectivity index (χ0n) is 7.37. The van der Waals surface area contributed by atoms with Crippen LogP contribution in [-0.2, 0) is 0 Å². The highest BCUT2D eigenvalue weighted by atomic mass is 35.5. The van der Waals surface area contributed by atoms with E-state index < -0.39 is 5.97 Å². The molecule has 0 amide bonds. The Bertz CT molecular complexity index is 513. The number of carboxylic acid groups (broad SMARTS) is 1. The number of furan rings is 1. The maximum Gasteiger partial charge on any atom is 0.337 e. The minimum Gasteiger partial charge on any atom is -0.478 e. The normalized spacial score (nSPS) is 10.7. The fourth-order valence-corrected chi connectivity index (χ4v) is 1.66. The number of carboxylic acids is 1. The summed E-state index contributed by atoms with van der Waals surface area (Å²) in [5.74, 6) is -0.319. The number of halogens is 1. The lowest BCUT2D eigenvalue weighted by Crippen LogP contribution is -1.96. The van der Waals surface area contributed by atoms with Gasteiger partial charge in [0.15, 0.2) is 0 Å². The van der Waals surface area contributed by atoms with Gasteiger partial charge in [0, 0.05) is 5.39 Å². The third-order valence-corrected chi connectivity index (χ3v) is 2.40. The molecule has 2 rings (SSSR count). The van der Waals surface area contributed by atoms with Crippen LogP contribution in [0, 0.1) is 6.92 Å². The van der Waals surface area contributed by atoms with Gasteiger partial charge in [-0.3, -0.25) is 0 Å². The van der Waals surface area contributed by atoms with Crippen molar-refractivity contribution < 1.29 is 14.3 Å². The van der Waals surface area contributed by atoms with Crippen molar-refractivity contribution in [2.24, 2.45) is 0 Å². The van der Waals surface area contributed by atoms with Crippen molar-refractivity contribution in [3.05, 3.63) is 34.5 Å². The van der Waals surface area contributed by atoms with Crippen molar-refractivity contribution in [2.45, 2.75) is 6.92 Å². The number of aryl methyl sites for hydroxylation is 1. The molecule has 0 fully saturated rings. The van der Waals surface area contributed by atoms with Crippen LogP contribution in [0.5, 0.6) is 0 Å². The summed E-state index contributed by atoms with van der Waals surface area (Å²) in [5, 5.41) is 9.69. The first-order valence-corrected chi connectivity index (χ1v) is 4.39. The molecule has 0 aliphatic heterocycles. The van der Waals surface area contributed by atoms with Gasteiger partial charge in [-0.15, -0.1) is 0 Å². The van der Waals surface area contributed by atoms with Crippen LogP contribution in [0.3, 0.4) is 0 Å². The monoisotopic (exact) mass is 210 g/mol. The Labute approximate surface area is 84.9 Å². The van der Waals surface area contributed by atoms with E-state index in [2.05, 4.69) is 0 Å². The molecule has 0 aliphatic rings. The molecule has 0 spiro atoms. The first kappa shape index (κ1) is 9.09. The van der Waals surface area contributed by atoms with Gasteiger partial charge in [0.25, 0.3) is 0 Å². The molecular weight excluding hydrogens is 204 g/mol. The van der Waals surface area contributed by atoms with E-state index in [0.29, 0.717) is 16.7 Å². The van der Waals surface area contributed by atoms with Crippen LogP contribution in [0.25, 0.3) is 11.0 Å². The Morgan fingerprint density at radius 1 is 1.50 bits per heavy atom. The highest BCUT2D eigenvalue weighted by Gasteiger charge is 2.13. The summed E-state index contributed by atoms with van der Waals surface area (Å²) in [6.07, 6.45) is 0. The second-order valence-corrected chi connectivity index (χ2v) is 3.38. The Morgan fingerprint density at radius 3 is 2.86 bits per heavy atom. The van der Waals surface area contributed by atoms with E-state index in [4.69, 9.17) is 21.1 Å². The summed E-state index contributed by atoms with van der Waals surface area (Å²) < 4.78 is 5.31. The lowest BCUT2D eigenvalue weighted by molar-refractivity contribution is 0.0697. The van der Waals surface area contributed by atoms with Gasteiger partial charge in [-0.2, -0.15) is 0 Å². The minimum absolute atomic E-state index is 0.0972. The number of hydrogen-bond acceptors (Lipinski definition) is 2. The van der Waals surface area contributed by atoms with E-state index in [1.807, 2.05) is 0 Å². The standard InChI is InChI=1S/C10H7ClO3/c1-5-4-7-8(14-5)3-2-6(9(7)11)10(12)13/h2-4H,1H3,(H,12,13). The van der Waals surface area contributed by atoms with Crippen LogP contribution in [0.1, 0.15) is 16.1 Å². The molecule has 0 unspecified atom stereocenters. The number of fused-ring (bicyclic) bond motifs is 1. The summed E-state index contributed by atoms with van der Waals surface area (Å²) in [4.78, 5) is 10.8. The lowest BCUT2D eigenvalue weighted by atomic mass is 10.1. The molecule has 2 aromatic rings.